The summed E-state index contributed by atoms with van der Waals surface area (Å²) in [6.07, 6.45) is 3.78. The second-order valence-corrected chi connectivity index (χ2v) is 7.52. The molecule has 3 aromatic rings. The Kier molecular flexibility index (Phi) is 6.08. The molecule has 3 rings (SSSR count). The zero-order valence-corrected chi connectivity index (χ0v) is 17.6. The Balaban J connectivity index is 2.06. The first-order valence-corrected chi connectivity index (χ1v) is 9.72. The molecule has 0 aliphatic carbocycles. The molecule has 8 heteroatoms. The average Bonchev–Trinajstić information content (AvgIpc) is 3.33. The van der Waals surface area contributed by atoms with E-state index in [9.17, 15) is 9.59 Å². The van der Waals surface area contributed by atoms with Crippen molar-refractivity contribution in [2.75, 3.05) is 7.05 Å². The summed E-state index contributed by atoms with van der Waals surface area (Å²) in [4.78, 5) is 25.2. The van der Waals surface area contributed by atoms with E-state index < -0.39 is 11.9 Å². The van der Waals surface area contributed by atoms with Crippen LogP contribution in [0.3, 0.4) is 0 Å². The molecule has 152 valence electrons. The predicted molar refractivity (Wildman–Crippen MR) is 113 cm³/mol. The van der Waals surface area contributed by atoms with E-state index in [1.807, 2.05) is 62.0 Å². The minimum Gasteiger partial charge on any atom is -0.357 e. The first kappa shape index (κ1) is 20.7. The lowest BCUT2D eigenvalue weighted by Crippen LogP contribution is -2.49. The Morgan fingerprint density at radius 1 is 1.10 bits per heavy atom. The summed E-state index contributed by atoms with van der Waals surface area (Å²) < 4.78 is 3.59. The van der Waals surface area contributed by atoms with Crippen molar-refractivity contribution in [3.8, 4) is 11.5 Å². The normalized spacial score (nSPS) is 12.1. The molecular formula is C21H24ClN5O2. The SMILES string of the molecule is CNC(=O)[C@@H](NC(=O)c1nn(-c2ccc(Cl)cc2)c(-n2cccc2)c1C)C(C)C. The van der Waals surface area contributed by atoms with Crippen LogP contribution in [0, 0.1) is 12.8 Å². The Labute approximate surface area is 174 Å². The van der Waals surface area contributed by atoms with Gasteiger partial charge in [0.2, 0.25) is 5.91 Å². The van der Waals surface area contributed by atoms with Crippen LogP contribution in [0.1, 0.15) is 29.9 Å². The molecule has 0 aliphatic rings. The molecule has 2 N–H and O–H groups in total. The van der Waals surface area contributed by atoms with Crippen LogP contribution < -0.4 is 10.6 Å². The van der Waals surface area contributed by atoms with Gasteiger partial charge in [0, 0.05) is 30.0 Å². The lowest BCUT2D eigenvalue weighted by molar-refractivity contribution is -0.123. The minimum atomic E-state index is -0.650. The van der Waals surface area contributed by atoms with E-state index in [0.717, 1.165) is 11.5 Å². The number of nitrogens with one attached hydrogen (secondary N) is 2. The lowest BCUT2D eigenvalue weighted by atomic mass is 10.0. The average molecular weight is 414 g/mol. The number of nitrogens with zero attached hydrogens (tertiary/aromatic N) is 3. The highest BCUT2D eigenvalue weighted by Gasteiger charge is 2.27. The topological polar surface area (TPSA) is 81.0 Å². The third-order valence-corrected chi connectivity index (χ3v) is 4.96. The third kappa shape index (κ3) is 4.19. The number of rotatable bonds is 6. The predicted octanol–water partition coefficient (Wildman–Crippen LogP) is 3.13. The van der Waals surface area contributed by atoms with Crippen molar-refractivity contribution in [2.45, 2.75) is 26.8 Å². The molecule has 2 aromatic heterocycles. The van der Waals surface area contributed by atoms with Gasteiger partial charge in [0.05, 0.1) is 5.69 Å². The van der Waals surface area contributed by atoms with Crippen LogP contribution >= 0.6 is 11.6 Å². The molecule has 2 amide bonds. The number of aromatic nitrogens is 3. The van der Waals surface area contributed by atoms with Crippen LogP contribution in [0.5, 0.6) is 0 Å². The van der Waals surface area contributed by atoms with Crippen molar-refractivity contribution in [3.05, 3.63) is 65.1 Å². The molecule has 1 atom stereocenters. The van der Waals surface area contributed by atoms with E-state index >= 15 is 0 Å². The van der Waals surface area contributed by atoms with Gasteiger partial charge in [-0.3, -0.25) is 9.59 Å². The second-order valence-electron chi connectivity index (χ2n) is 7.09. The summed E-state index contributed by atoms with van der Waals surface area (Å²) in [5, 5.41) is 10.6. The van der Waals surface area contributed by atoms with Gasteiger partial charge in [-0.25, -0.2) is 4.68 Å². The monoisotopic (exact) mass is 413 g/mol. The molecule has 0 saturated heterocycles. The van der Waals surface area contributed by atoms with Crippen LogP contribution in [0.15, 0.2) is 48.8 Å². The van der Waals surface area contributed by atoms with Crippen LogP contribution in [-0.4, -0.2) is 39.3 Å². The van der Waals surface area contributed by atoms with Crippen molar-refractivity contribution in [1.82, 2.24) is 25.0 Å². The highest BCUT2D eigenvalue weighted by atomic mass is 35.5. The quantitative estimate of drug-likeness (QED) is 0.651. The van der Waals surface area contributed by atoms with Gasteiger partial charge in [-0.1, -0.05) is 25.4 Å². The lowest BCUT2D eigenvalue weighted by Gasteiger charge is -2.20. The van der Waals surface area contributed by atoms with E-state index in [2.05, 4.69) is 15.7 Å². The summed E-state index contributed by atoms with van der Waals surface area (Å²) in [5.74, 6) is 0.0321. The van der Waals surface area contributed by atoms with E-state index in [0.29, 0.717) is 10.6 Å². The van der Waals surface area contributed by atoms with Crippen molar-refractivity contribution in [3.63, 3.8) is 0 Å². The van der Waals surface area contributed by atoms with Gasteiger partial charge >= 0.3 is 0 Å². The van der Waals surface area contributed by atoms with Crippen molar-refractivity contribution >= 4 is 23.4 Å². The molecule has 0 spiro atoms. The van der Waals surface area contributed by atoms with Crippen LogP contribution in [0.4, 0.5) is 0 Å². The second kappa shape index (κ2) is 8.53. The maximum absolute atomic E-state index is 13.0. The summed E-state index contributed by atoms with van der Waals surface area (Å²) >= 11 is 6.02. The molecular weight excluding hydrogens is 390 g/mol. The first-order valence-electron chi connectivity index (χ1n) is 9.34. The summed E-state index contributed by atoms with van der Waals surface area (Å²) in [7, 11) is 1.55. The zero-order chi connectivity index (χ0) is 21.1. The van der Waals surface area contributed by atoms with Crippen LogP contribution in [-0.2, 0) is 4.79 Å². The maximum Gasteiger partial charge on any atom is 0.272 e. The zero-order valence-electron chi connectivity index (χ0n) is 16.8. The Hall–Kier alpha value is -3.06. The number of carbonyl (C=O) groups excluding carboxylic acids is 2. The molecule has 29 heavy (non-hydrogen) atoms. The Morgan fingerprint density at radius 2 is 1.72 bits per heavy atom. The third-order valence-electron chi connectivity index (χ3n) is 4.71. The fourth-order valence-electron chi connectivity index (χ4n) is 3.14. The largest absolute Gasteiger partial charge is 0.357 e. The minimum absolute atomic E-state index is 0.0681. The fraction of sp³-hybridized carbons (Fsp3) is 0.286. The van der Waals surface area contributed by atoms with Gasteiger partial charge in [-0.05, 0) is 49.2 Å². The van der Waals surface area contributed by atoms with Gasteiger partial charge in [0.25, 0.3) is 5.91 Å². The number of hydrogen-bond acceptors (Lipinski definition) is 3. The number of likely N-dealkylation sites (N-methyl/N-ethyl adjacent to an activating group) is 1. The highest BCUT2D eigenvalue weighted by Crippen LogP contribution is 2.24. The van der Waals surface area contributed by atoms with Crippen molar-refractivity contribution < 1.29 is 9.59 Å². The van der Waals surface area contributed by atoms with Gasteiger partial charge in [-0.15, -0.1) is 0 Å². The van der Waals surface area contributed by atoms with E-state index in [1.54, 1.807) is 23.9 Å². The highest BCUT2D eigenvalue weighted by molar-refractivity contribution is 6.30. The summed E-state index contributed by atoms with van der Waals surface area (Å²) in [5.41, 5.74) is 1.73. The molecule has 0 fully saturated rings. The number of benzene rings is 1. The smallest absolute Gasteiger partial charge is 0.272 e. The van der Waals surface area contributed by atoms with Crippen molar-refractivity contribution in [1.29, 1.82) is 0 Å². The van der Waals surface area contributed by atoms with E-state index in [-0.39, 0.29) is 17.5 Å². The fourth-order valence-corrected chi connectivity index (χ4v) is 3.27. The number of hydrogen-bond donors (Lipinski definition) is 2. The molecule has 2 heterocycles. The summed E-state index contributed by atoms with van der Waals surface area (Å²) in [6, 6.07) is 10.4. The molecule has 7 nitrogen and oxygen atoms in total. The van der Waals surface area contributed by atoms with E-state index in [1.165, 1.54) is 0 Å². The number of halogens is 1. The molecule has 0 saturated carbocycles. The van der Waals surface area contributed by atoms with Gasteiger partial charge in [-0.2, -0.15) is 5.10 Å². The van der Waals surface area contributed by atoms with Gasteiger partial charge in [0.1, 0.15) is 11.9 Å². The number of amides is 2. The molecule has 0 radical (unpaired) electrons. The van der Waals surface area contributed by atoms with E-state index in [4.69, 9.17) is 11.6 Å². The maximum atomic E-state index is 13.0. The standard InChI is InChI=1S/C21H24ClN5O2/c1-13(2)17(19(28)23-4)24-20(29)18-14(3)21(26-11-5-6-12-26)27(25-18)16-9-7-15(22)8-10-16/h5-13,17H,1-4H3,(H,23,28)(H,24,29)/t17-/m0/s1. The van der Waals surface area contributed by atoms with Gasteiger partial charge < -0.3 is 15.2 Å². The van der Waals surface area contributed by atoms with Crippen LogP contribution in [0.2, 0.25) is 5.02 Å². The molecule has 0 unspecified atom stereocenters. The first-order chi connectivity index (χ1) is 13.8. The van der Waals surface area contributed by atoms with Crippen LogP contribution in [0.25, 0.3) is 11.5 Å². The van der Waals surface area contributed by atoms with Crippen molar-refractivity contribution in [2.24, 2.45) is 5.92 Å². The van der Waals surface area contributed by atoms with Gasteiger partial charge in [0.15, 0.2) is 5.69 Å². The summed E-state index contributed by atoms with van der Waals surface area (Å²) in [6.45, 7) is 5.60. The molecule has 1 aromatic carbocycles. The molecule has 0 bridgehead atoms. The Bertz CT molecular complexity index is 1010. The molecule has 0 aliphatic heterocycles. The number of carbonyl (C=O) groups is 2. The Morgan fingerprint density at radius 3 is 2.28 bits per heavy atom.